The molecule has 0 saturated carbocycles. The first-order valence-corrected chi connectivity index (χ1v) is 10.2. The van der Waals surface area contributed by atoms with Crippen molar-refractivity contribution in [3.05, 3.63) is 66.5 Å². The number of amides is 1. The Balaban J connectivity index is 1.70. The Bertz CT molecular complexity index is 1050. The van der Waals surface area contributed by atoms with Gasteiger partial charge >= 0.3 is 0 Å². The predicted molar refractivity (Wildman–Crippen MR) is 108 cm³/mol. The number of carbonyl (C=O) groups excluding carboxylic acids is 1. The Morgan fingerprint density at radius 1 is 1.00 bits per heavy atom. The number of nitrogens with one attached hydrogen (secondary N) is 3. The third-order valence-corrected chi connectivity index (χ3v) is 5.56. The Hall–Kier alpha value is -2.97. The number of carbonyl (C=O) groups is 1. The summed E-state index contributed by atoms with van der Waals surface area (Å²) in [5.41, 5.74) is 1.32. The van der Waals surface area contributed by atoms with Gasteiger partial charge in [-0.05, 0) is 69.3 Å². The lowest BCUT2D eigenvalue weighted by molar-refractivity contribution is 0.102. The number of benzene rings is 2. The van der Waals surface area contributed by atoms with E-state index in [1.165, 1.54) is 24.3 Å². The molecule has 0 aliphatic rings. The zero-order valence-electron chi connectivity index (χ0n) is 15.9. The number of aromatic nitrogens is 2. The molecule has 7 nitrogen and oxygen atoms in total. The third-order valence-electron chi connectivity index (χ3n) is 3.78. The van der Waals surface area contributed by atoms with Crippen molar-refractivity contribution in [3.63, 3.8) is 0 Å². The molecule has 3 aromatic rings. The largest absolute Gasteiger partial charge is 0.345 e. The fourth-order valence-electron chi connectivity index (χ4n) is 2.59. The van der Waals surface area contributed by atoms with E-state index in [4.69, 9.17) is 0 Å². The molecule has 2 aromatic carbocycles. The van der Waals surface area contributed by atoms with Crippen LogP contribution in [0.2, 0.25) is 0 Å². The van der Waals surface area contributed by atoms with Crippen LogP contribution >= 0.6 is 0 Å². The molecular weight excluding hydrogens is 376 g/mol. The lowest BCUT2D eigenvalue weighted by Crippen LogP contribution is -2.40. The van der Waals surface area contributed by atoms with Crippen LogP contribution in [0.5, 0.6) is 0 Å². The van der Waals surface area contributed by atoms with E-state index in [9.17, 15) is 13.2 Å². The summed E-state index contributed by atoms with van der Waals surface area (Å²) in [7, 11) is -3.64. The maximum atomic E-state index is 12.4. The van der Waals surface area contributed by atoms with Crippen molar-refractivity contribution in [2.45, 2.75) is 31.2 Å². The van der Waals surface area contributed by atoms with E-state index in [-0.39, 0.29) is 10.8 Å². The molecule has 28 heavy (non-hydrogen) atoms. The number of rotatable bonds is 5. The number of H-pyrrole nitrogens is 1. The van der Waals surface area contributed by atoms with Gasteiger partial charge in [0, 0.05) is 34.7 Å². The highest BCUT2D eigenvalue weighted by atomic mass is 32.2. The van der Waals surface area contributed by atoms with E-state index in [0.717, 1.165) is 11.4 Å². The molecule has 3 N–H and O–H groups in total. The minimum absolute atomic E-state index is 0.113. The molecule has 0 aliphatic carbocycles. The van der Waals surface area contributed by atoms with Crippen molar-refractivity contribution in [3.8, 4) is 11.4 Å². The van der Waals surface area contributed by atoms with Crippen LogP contribution < -0.4 is 10.0 Å². The zero-order valence-corrected chi connectivity index (χ0v) is 16.7. The minimum atomic E-state index is -3.64. The second-order valence-corrected chi connectivity index (χ2v) is 9.03. The van der Waals surface area contributed by atoms with Gasteiger partial charge in [0.1, 0.15) is 5.82 Å². The second kappa shape index (κ2) is 7.57. The highest BCUT2D eigenvalue weighted by molar-refractivity contribution is 7.89. The summed E-state index contributed by atoms with van der Waals surface area (Å²) in [6.07, 6.45) is 3.41. The molecular formula is C20H22N4O3S. The molecule has 0 saturated heterocycles. The standard InChI is InChI=1S/C20H22N4O3S/c1-20(2,3)24-28(26,27)17-10-6-15(7-11-17)19(25)23-16-8-4-14(5-9-16)18-21-12-13-22-18/h4-13,24H,1-3H3,(H,21,22)(H,23,25). The summed E-state index contributed by atoms with van der Waals surface area (Å²) >= 11 is 0. The Morgan fingerprint density at radius 3 is 2.18 bits per heavy atom. The maximum Gasteiger partial charge on any atom is 0.255 e. The molecule has 0 spiro atoms. The lowest BCUT2D eigenvalue weighted by Gasteiger charge is -2.20. The number of hydrogen-bond donors (Lipinski definition) is 3. The molecule has 0 radical (unpaired) electrons. The first-order valence-electron chi connectivity index (χ1n) is 8.69. The lowest BCUT2D eigenvalue weighted by atomic mass is 10.1. The van der Waals surface area contributed by atoms with Gasteiger partial charge in [0.15, 0.2) is 0 Å². The fraction of sp³-hybridized carbons (Fsp3) is 0.200. The monoisotopic (exact) mass is 398 g/mol. The van der Waals surface area contributed by atoms with Gasteiger partial charge in [0.2, 0.25) is 10.0 Å². The quantitative estimate of drug-likeness (QED) is 0.613. The Kier molecular flexibility index (Phi) is 5.35. The molecule has 0 unspecified atom stereocenters. The Morgan fingerprint density at radius 2 is 1.64 bits per heavy atom. The van der Waals surface area contributed by atoms with Crippen molar-refractivity contribution in [1.82, 2.24) is 14.7 Å². The smallest absolute Gasteiger partial charge is 0.255 e. The topological polar surface area (TPSA) is 104 Å². The van der Waals surface area contributed by atoms with Crippen molar-refractivity contribution in [2.75, 3.05) is 5.32 Å². The van der Waals surface area contributed by atoms with Crippen LogP contribution in [0, 0.1) is 0 Å². The number of aromatic amines is 1. The molecule has 3 rings (SSSR count). The molecule has 8 heteroatoms. The maximum absolute atomic E-state index is 12.4. The van der Waals surface area contributed by atoms with E-state index in [0.29, 0.717) is 11.3 Å². The number of imidazole rings is 1. The summed E-state index contributed by atoms with van der Waals surface area (Å²) in [4.78, 5) is 19.7. The molecule has 1 heterocycles. The molecule has 1 amide bonds. The highest BCUT2D eigenvalue weighted by Gasteiger charge is 2.22. The molecule has 0 bridgehead atoms. The highest BCUT2D eigenvalue weighted by Crippen LogP contribution is 2.19. The molecule has 1 aromatic heterocycles. The zero-order chi connectivity index (χ0) is 20.4. The third kappa shape index (κ3) is 4.85. The van der Waals surface area contributed by atoms with Gasteiger partial charge < -0.3 is 10.3 Å². The van der Waals surface area contributed by atoms with Gasteiger partial charge in [-0.2, -0.15) is 0 Å². The number of nitrogens with zero attached hydrogens (tertiary/aromatic N) is 1. The van der Waals surface area contributed by atoms with Gasteiger partial charge in [0.05, 0.1) is 4.90 Å². The summed E-state index contributed by atoms with van der Waals surface area (Å²) in [6, 6.07) is 13.1. The molecule has 146 valence electrons. The van der Waals surface area contributed by atoms with E-state index in [2.05, 4.69) is 20.0 Å². The summed E-state index contributed by atoms with van der Waals surface area (Å²) < 4.78 is 27.2. The van der Waals surface area contributed by atoms with Crippen molar-refractivity contribution < 1.29 is 13.2 Å². The van der Waals surface area contributed by atoms with Crippen molar-refractivity contribution in [1.29, 1.82) is 0 Å². The van der Waals surface area contributed by atoms with Crippen LogP contribution in [-0.4, -0.2) is 29.8 Å². The number of anilines is 1. The first-order chi connectivity index (χ1) is 13.1. The first kappa shape index (κ1) is 19.8. The van der Waals surface area contributed by atoms with Crippen LogP contribution in [0.1, 0.15) is 31.1 Å². The van der Waals surface area contributed by atoms with Crippen LogP contribution in [0.25, 0.3) is 11.4 Å². The van der Waals surface area contributed by atoms with E-state index in [1.807, 2.05) is 12.1 Å². The normalized spacial score (nSPS) is 12.0. The van der Waals surface area contributed by atoms with E-state index in [1.54, 1.807) is 45.3 Å². The summed E-state index contributed by atoms with van der Waals surface area (Å²) in [6.45, 7) is 5.30. The average molecular weight is 398 g/mol. The van der Waals surface area contributed by atoms with Gasteiger partial charge in [0.25, 0.3) is 5.91 Å². The van der Waals surface area contributed by atoms with Gasteiger partial charge in [-0.1, -0.05) is 0 Å². The SMILES string of the molecule is CC(C)(C)NS(=O)(=O)c1ccc(C(=O)Nc2ccc(-c3ncc[nH]3)cc2)cc1. The second-order valence-electron chi connectivity index (χ2n) is 7.35. The predicted octanol–water partition coefficient (Wildman–Crippen LogP) is 3.41. The van der Waals surface area contributed by atoms with E-state index >= 15 is 0 Å². The van der Waals surface area contributed by atoms with Gasteiger partial charge in [-0.15, -0.1) is 0 Å². The van der Waals surface area contributed by atoms with Crippen LogP contribution in [0.3, 0.4) is 0 Å². The van der Waals surface area contributed by atoms with Gasteiger partial charge in [-0.3, -0.25) is 4.79 Å². The van der Waals surface area contributed by atoms with Crippen LogP contribution in [0.4, 0.5) is 5.69 Å². The fourth-order valence-corrected chi connectivity index (χ4v) is 4.00. The van der Waals surface area contributed by atoms with Crippen molar-refractivity contribution >= 4 is 21.6 Å². The summed E-state index contributed by atoms with van der Waals surface area (Å²) in [5, 5.41) is 2.79. The Labute approximate surface area is 164 Å². The average Bonchev–Trinajstić information content (AvgIpc) is 3.15. The minimum Gasteiger partial charge on any atom is -0.345 e. The number of sulfonamides is 1. The molecule has 0 fully saturated rings. The van der Waals surface area contributed by atoms with Crippen LogP contribution in [0.15, 0.2) is 65.8 Å². The molecule has 0 aliphatic heterocycles. The van der Waals surface area contributed by atoms with Crippen molar-refractivity contribution in [2.24, 2.45) is 0 Å². The van der Waals surface area contributed by atoms with E-state index < -0.39 is 15.6 Å². The molecule has 0 atom stereocenters. The number of hydrogen-bond acceptors (Lipinski definition) is 4. The van der Waals surface area contributed by atoms with Gasteiger partial charge in [-0.25, -0.2) is 18.1 Å². The van der Waals surface area contributed by atoms with Crippen LogP contribution in [-0.2, 0) is 10.0 Å². The summed E-state index contributed by atoms with van der Waals surface area (Å²) in [5.74, 6) is 0.428.